The lowest BCUT2D eigenvalue weighted by Crippen LogP contribution is -2.29. The zero-order chi connectivity index (χ0) is 12.1. The van der Waals surface area contributed by atoms with Crippen molar-refractivity contribution in [2.45, 2.75) is 0 Å². The number of aromatic nitrogens is 2. The predicted octanol–water partition coefficient (Wildman–Crippen LogP) is -0.599. The van der Waals surface area contributed by atoms with Crippen LogP contribution >= 0.6 is 0 Å². The third kappa shape index (κ3) is 3.02. The maximum Gasteiger partial charge on any atom is 0.241 e. The summed E-state index contributed by atoms with van der Waals surface area (Å²) in [5, 5.41) is 2.56. The average molecular weight is 228 g/mol. The quantitative estimate of drug-likeness (QED) is 0.470. The van der Waals surface area contributed by atoms with Crippen LogP contribution in [0.5, 0.6) is 0 Å². The number of anilines is 2. The van der Waals surface area contributed by atoms with Gasteiger partial charge in [0.15, 0.2) is 11.6 Å². The highest BCUT2D eigenvalue weighted by Gasteiger charge is 2.09. The SMILES string of the molecule is CN(C)C(=O)CNc1nc(NN)ncc1F. The maximum atomic E-state index is 13.2. The number of amides is 1. The molecule has 1 aromatic heterocycles. The second-order valence-corrected chi connectivity index (χ2v) is 3.18. The minimum Gasteiger partial charge on any atom is -0.358 e. The number of halogens is 1. The van der Waals surface area contributed by atoms with Gasteiger partial charge in [0.25, 0.3) is 0 Å². The predicted molar refractivity (Wildman–Crippen MR) is 57.0 cm³/mol. The van der Waals surface area contributed by atoms with Crippen LogP contribution in [0.15, 0.2) is 6.20 Å². The van der Waals surface area contributed by atoms with E-state index >= 15 is 0 Å². The normalized spacial score (nSPS) is 9.75. The van der Waals surface area contributed by atoms with Crippen molar-refractivity contribution in [3.05, 3.63) is 12.0 Å². The van der Waals surface area contributed by atoms with E-state index in [4.69, 9.17) is 5.84 Å². The van der Waals surface area contributed by atoms with Crippen molar-refractivity contribution in [2.24, 2.45) is 5.84 Å². The number of carbonyl (C=O) groups is 1. The van der Waals surface area contributed by atoms with Crippen molar-refractivity contribution in [2.75, 3.05) is 31.4 Å². The Kier molecular flexibility index (Phi) is 3.95. The molecule has 7 nitrogen and oxygen atoms in total. The fourth-order valence-corrected chi connectivity index (χ4v) is 0.878. The first-order chi connectivity index (χ1) is 7.54. The van der Waals surface area contributed by atoms with Gasteiger partial charge in [-0.1, -0.05) is 0 Å². The van der Waals surface area contributed by atoms with E-state index in [1.54, 1.807) is 14.1 Å². The monoisotopic (exact) mass is 228 g/mol. The molecule has 0 bridgehead atoms. The molecular weight excluding hydrogens is 215 g/mol. The molecule has 8 heteroatoms. The molecule has 0 aliphatic carbocycles. The molecule has 0 saturated heterocycles. The fourth-order valence-electron chi connectivity index (χ4n) is 0.878. The molecule has 0 fully saturated rings. The number of hydrogen-bond donors (Lipinski definition) is 3. The van der Waals surface area contributed by atoms with Crippen molar-refractivity contribution in [3.8, 4) is 0 Å². The Morgan fingerprint density at radius 1 is 1.62 bits per heavy atom. The molecule has 0 unspecified atom stereocenters. The van der Waals surface area contributed by atoms with Crippen molar-refractivity contribution in [3.63, 3.8) is 0 Å². The number of nitrogen functional groups attached to an aromatic ring is 1. The standard InChI is InChI=1S/C8H13FN6O/c1-15(2)6(16)4-11-7-5(9)3-12-8(13-7)14-10/h3H,4,10H2,1-2H3,(H2,11,12,13,14). The molecule has 0 atom stereocenters. The molecule has 0 aliphatic heterocycles. The summed E-state index contributed by atoms with van der Waals surface area (Å²) in [6.07, 6.45) is 0.963. The molecule has 0 radical (unpaired) electrons. The summed E-state index contributed by atoms with van der Waals surface area (Å²) in [5.74, 6) is 4.23. The van der Waals surface area contributed by atoms with Crippen LogP contribution in [0.4, 0.5) is 16.2 Å². The van der Waals surface area contributed by atoms with Gasteiger partial charge in [-0.25, -0.2) is 15.2 Å². The summed E-state index contributed by atoms with van der Waals surface area (Å²) in [4.78, 5) is 19.9. The van der Waals surface area contributed by atoms with Crippen LogP contribution in [0, 0.1) is 5.82 Å². The van der Waals surface area contributed by atoms with Gasteiger partial charge in [0.05, 0.1) is 12.7 Å². The van der Waals surface area contributed by atoms with E-state index in [0.29, 0.717) is 0 Å². The van der Waals surface area contributed by atoms with E-state index in [1.165, 1.54) is 4.90 Å². The van der Waals surface area contributed by atoms with Crippen LogP contribution in [0.25, 0.3) is 0 Å². The van der Waals surface area contributed by atoms with Crippen LogP contribution in [-0.4, -0.2) is 41.4 Å². The number of likely N-dealkylation sites (N-methyl/N-ethyl adjacent to an activating group) is 1. The minimum absolute atomic E-state index is 0.0507. The lowest BCUT2D eigenvalue weighted by atomic mass is 10.5. The molecule has 16 heavy (non-hydrogen) atoms. The Labute approximate surface area is 91.8 Å². The number of rotatable bonds is 4. The second kappa shape index (κ2) is 5.21. The lowest BCUT2D eigenvalue weighted by Gasteiger charge is -2.11. The van der Waals surface area contributed by atoms with Crippen molar-refractivity contribution in [1.29, 1.82) is 0 Å². The highest BCUT2D eigenvalue weighted by molar-refractivity contribution is 5.80. The summed E-state index contributed by atoms with van der Waals surface area (Å²) >= 11 is 0. The van der Waals surface area contributed by atoms with Gasteiger partial charge in [0, 0.05) is 14.1 Å². The lowest BCUT2D eigenvalue weighted by molar-refractivity contribution is -0.126. The Hall–Kier alpha value is -1.96. The zero-order valence-electron chi connectivity index (χ0n) is 8.99. The number of nitrogens with zero attached hydrogens (tertiary/aromatic N) is 3. The molecule has 1 rings (SSSR count). The maximum absolute atomic E-state index is 13.2. The van der Waals surface area contributed by atoms with Crippen molar-refractivity contribution in [1.82, 2.24) is 14.9 Å². The second-order valence-electron chi connectivity index (χ2n) is 3.18. The molecule has 1 amide bonds. The highest BCUT2D eigenvalue weighted by atomic mass is 19.1. The number of carbonyl (C=O) groups excluding carboxylic acids is 1. The number of nitrogens with two attached hydrogens (primary N) is 1. The van der Waals surface area contributed by atoms with Gasteiger partial charge in [-0.3, -0.25) is 10.2 Å². The number of hydrazine groups is 1. The highest BCUT2D eigenvalue weighted by Crippen LogP contribution is 2.10. The number of hydrogen-bond acceptors (Lipinski definition) is 6. The van der Waals surface area contributed by atoms with E-state index in [9.17, 15) is 9.18 Å². The average Bonchev–Trinajstić information content (AvgIpc) is 2.27. The minimum atomic E-state index is -0.648. The van der Waals surface area contributed by atoms with Gasteiger partial charge < -0.3 is 10.2 Å². The van der Waals surface area contributed by atoms with Crippen LogP contribution in [-0.2, 0) is 4.79 Å². The molecule has 0 aliphatic rings. The fraction of sp³-hybridized carbons (Fsp3) is 0.375. The number of nitrogens with one attached hydrogen (secondary N) is 2. The van der Waals surface area contributed by atoms with Crippen LogP contribution in [0.3, 0.4) is 0 Å². The van der Waals surface area contributed by atoms with Crippen LogP contribution in [0.1, 0.15) is 0 Å². The first kappa shape index (κ1) is 12.1. The summed E-state index contributed by atoms with van der Waals surface area (Å²) in [7, 11) is 3.21. The van der Waals surface area contributed by atoms with Gasteiger partial charge >= 0.3 is 0 Å². The third-order valence-corrected chi connectivity index (χ3v) is 1.78. The molecule has 0 saturated carbocycles. The molecule has 88 valence electrons. The Bertz CT molecular complexity index is 383. The van der Waals surface area contributed by atoms with Crippen molar-refractivity contribution >= 4 is 17.7 Å². The molecule has 1 aromatic rings. The van der Waals surface area contributed by atoms with E-state index < -0.39 is 5.82 Å². The smallest absolute Gasteiger partial charge is 0.241 e. The summed E-state index contributed by atoms with van der Waals surface area (Å²) in [5.41, 5.74) is 2.18. The summed E-state index contributed by atoms with van der Waals surface area (Å²) in [6, 6.07) is 0. The van der Waals surface area contributed by atoms with E-state index in [-0.39, 0.29) is 24.2 Å². The van der Waals surface area contributed by atoms with Gasteiger partial charge in [-0.2, -0.15) is 4.98 Å². The Balaban J connectivity index is 2.69. The van der Waals surface area contributed by atoms with E-state index in [1.807, 2.05) is 0 Å². The first-order valence-corrected chi connectivity index (χ1v) is 4.47. The summed E-state index contributed by atoms with van der Waals surface area (Å²) < 4.78 is 13.2. The molecule has 4 N–H and O–H groups in total. The van der Waals surface area contributed by atoms with Gasteiger partial charge in [0.2, 0.25) is 11.9 Å². The van der Waals surface area contributed by atoms with E-state index in [2.05, 4.69) is 20.7 Å². The first-order valence-electron chi connectivity index (χ1n) is 4.47. The van der Waals surface area contributed by atoms with Gasteiger partial charge in [-0.05, 0) is 0 Å². The van der Waals surface area contributed by atoms with E-state index in [0.717, 1.165) is 6.20 Å². The topological polar surface area (TPSA) is 96.2 Å². The summed E-state index contributed by atoms with van der Waals surface area (Å²) in [6.45, 7) is -0.0507. The molecule has 0 aromatic carbocycles. The largest absolute Gasteiger partial charge is 0.358 e. The zero-order valence-corrected chi connectivity index (χ0v) is 8.99. The molecule has 0 spiro atoms. The Morgan fingerprint density at radius 2 is 2.31 bits per heavy atom. The van der Waals surface area contributed by atoms with Crippen LogP contribution in [0.2, 0.25) is 0 Å². The third-order valence-electron chi connectivity index (χ3n) is 1.78. The van der Waals surface area contributed by atoms with Crippen molar-refractivity contribution < 1.29 is 9.18 Å². The van der Waals surface area contributed by atoms with Crippen LogP contribution < -0.4 is 16.6 Å². The van der Waals surface area contributed by atoms with Gasteiger partial charge in [0.1, 0.15) is 0 Å². The molecular formula is C8H13FN6O. The van der Waals surface area contributed by atoms with Gasteiger partial charge in [-0.15, -0.1) is 0 Å². The molecule has 1 heterocycles. The Morgan fingerprint density at radius 3 is 2.88 bits per heavy atom.